The minimum Gasteiger partial charge on any atom is -0.488 e. The van der Waals surface area contributed by atoms with Crippen LogP contribution in [0, 0.1) is 0 Å². The van der Waals surface area contributed by atoms with E-state index in [1.54, 1.807) is 24.7 Å². The number of benzene rings is 1. The number of aromatic amines is 1. The molecule has 3 aromatic rings. The normalized spacial score (nSPS) is 21.7. The lowest BCUT2D eigenvalue weighted by molar-refractivity contribution is 0.122. The summed E-state index contributed by atoms with van der Waals surface area (Å²) in [6.45, 7) is 3.20. The Balaban J connectivity index is 1.28. The largest absolute Gasteiger partial charge is 0.488 e. The van der Waals surface area contributed by atoms with Gasteiger partial charge in [-0.15, -0.1) is 0 Å². The molecule has 0 amide bonds. The van der Waals surface area contributed by atoms with Crippen LogP contribution in [0.1, 0.15) is 25.7 Å². The number of fused-ring (bicyclic) bond motifs is 1. The van der Waals surface area contributed by atoms with Gasteiger partial charge in [0.05, 0.1) is 24.8 Å². The summed E-state index contributed by atoms with van der Waals surface area (Å²) >= 11 is 0. The van der Waals surface area contributed by atoms with E-state index in [1.807, 2.05) is 6.07 Å². The summed E-state index contributed by atoms with van der Waals surface area (Å²) in [5.41, 5.74) is 3.55. The summed E-state index contributed by atoms with van der Waals surface area (Å²) in [7, 11) is 0. The number of nitrogens with one attached hydrogen (secondary N) is 2. The monoisotopic (exact) mass is 421 g/mol. The molecular formula is C23H27N5O3. The SMILES string of the molecule is O=c1cc(NC2CCC(Oc3cc(N4CCOCC4)cc4nccnc34)CC2)cc[nH]1. The fourth-order valence-corrected chi connectivity index (χ4v) is 4.40. The zero-order chi connectivity index (χ0) is 21.0. The number of aromatic nitrogens is 3. The number of morpholine rings is 1. The van der Waals surface area contributed by atoms with Crippen molar-refractivity contribution in [2.75, 3.05) is 36.5 Å². The van der Waals surface area contributed by atoms with Crippen molar-refractivity contribution in [1.82, 2.24) is 15.0 Å². The van der Waals surface area contributed by atoms with Gasteiger partial charge in [0.25, 0.3) is 0 Å². The van der Waals surface area contributed by atoms with Gasteiger partial charge in [0.15, 0.2) is 0 Å². The van der Waals surface area contributed by atoms with E-state index >= 15 is 0 Å². The maximum Gasteiger partial charge on any atom is 0.249 e. The summed E-state index contributed by atoms with van der Waals surface area (Å²) in [5.74, 6) is 0.804. The van der Waals surface area contributed by atoms with Gasteiger partial charge in [-0.1, -0.05) is 0 Å². The number of nitrogens with zero attached hydrogens (tertiary/aromatic N) is 3. The van der Waals surface area contributed by atoms with Crippen molar-refractivity contribution in [2.45, 2.75) is 37.8 Å². The predicted octanol–water partition coefficient (Wildman–Crippen LogP) is 2.96. The summed E-state index contributed by atoms with van der Waals surface area (Å²) in [4.78, 5) is 25.5. The third-order valence-corrected chi connectivity index (χ3v) is 6.01. The average Bonchev–Trinajstić information content (AvgIpc) is 2.81. The number of rotatable bonds is 5. The van der Waals surface area contributed by atoms with Crippen molar-refractivity contribution in [2.24, 2.45) is 0 Å². The van der Waals surface area contributed by atoms with Crippen LogP contribution in [0.25, 0.3) is 11.0 Å². The van der Waals surface area contributed by atoms with Crippen LogP contribution in [0.15, 0.2) is 47.7 Å². The molecule has 1 aromatic carbocycles. The van der Waals surface area contributed by atoms with E-state index in [-0.39, 0.29) is 11.7 Å². The number of hydrogen-bond acceptors (Lipinski definition) is 7. The van der Waals surface area contributed by atoms with Crippen LogP contribution in [0.5, 0.6) is 5.75 Å². The molecule has 8 heteroatoms. The van der Waals surface area contributed by atoms with Gasteiger partial charge in [-0.25, -0.2) is 4.98 Å². The van der Waals surface area contributed by atoms with Crippen molar-refractivity contribution in [3.05, 3.63) is 53.2 Å². The Morgan fingerprint density at radius 3 is 2.68 bits per heavy atom. The van der Waals surface area contributed by atoms with E-state index in [9.17, 15) is 4.79 Å². The number of H-pyrrole nitrogens is 1. The minimum atomic E-state index is -0.0878. The van der Waals surface area contributed by atoms with Gasteiger partial charge in [0.2, 0.25) is 5.56 Å². The number of pyridine rings is 1. The molecule has 1 aliphatic carbocycles. The highest BCUT2D eigenvalue weighted by molar-refractivity contribution is 5.85. The zero-order valence-corrected chi connectivity index (χ0v) is 17.4. The Hall–Kier alpha value is -3.13. The highest BCUT2D eigenvalue weighted by Gasteiger charge is 2.24. The number of ether oxygens (including phenoxy) is 2. The van der Waals surface area contributed by atoms with Crippen LogP contribution >= 0.6 is 0 Å². The fourth-order valence-electron chi connectivity index (χ4n) is 4.40. The highest BCUT2D eigenvalue weighted by Crippen LogP contribution is 2.33. The van der Waals surface area contributed by atoms with Gasteiger partial charge >= 0.3 is 0 Å². The lowest BCUT2D eigenvalue weighted by Gasteiger charge is -2.31. The molecule has 1 saturated carbocycles. The quantitative estimate of drug-likeness (QED) is 0.654. The molecule has 3 heterocycles. The average molecular weight is 422 g/mol. The van der Waals surface area contributed by atoms with Crippen LogP contribution < -0.4 is 20.5 Å². The molecule has 0 unspecified atom stereocenters. The topological polar surface area (TPSA) is 92.4 Å². The second-order valence-corrected chi connectivity index (χ2v) is 8.14. The molecule has 5 rings (SSSR count). The van der Waals surface area contributed by atoms with E-state index in [4.69, 9.17) is 9.47 Å². The Kier molecular flexibility index (Phi) is 5.71. The standard InChI is InChI=1S/C23H27N5O3/c29-22-13-17(5-6-25-22)27-16-1-3-19(4-2-16)31-21-15-18(28-9-11-30-12-10-28)14-20-23(21)26-8-7-24-20/h5-8,13-16,19H,1-4,9-12H2,(H2,25,27,29). The molecule has 2 aromatic heterocycles. The van der Waals surface area contributed by atoms with E-state index in [1.165, 1.54) is 0 Å². The molecule has 0 bridgehead atoms. The Morgan fingerprint density at radius 2 is 1.87 bits per heavy atom. The molecule has 0 atom stereocenters. The third-order valence-electron chi connectivity index (χ3n) is 6.01. The van der Waals surface area contributed by atoms with E-state index < -0.39 is 0 Å². The Morgan fingerprint density at radius 1 is 1.06 bits per heavy atom. The van der Waals surface area contributed by atoms with Gasteiger partial charge in [0.1, 0.15) is 11.3 Å². The van der Waals surface area contributed by atoms with Crippen molar-refractivity contribution in [1.29, 1.82) is 0 Å². The van der Waals surface area contributed by atoms with E-state index in [0.717, 1.165) is 80.1 Å². The molecule has 2 fully saturated rings. The minimum absolute atomic E-state index is 0.0878. The summed E-state index contributed by atoms with van der Waals surface area (Å²) in [6, 6.07) is 8.03. The van der Waals surface area contributed by atoms with E-state index in [2.05, 4.69) is 37.3 Å². The van der Waals surface area contributed by atoms with Gasteiger partial charge in [-0.3, -0.25) is 9.78 Å². The van der Waals surface area contributed by atoms with Crippen molar-refractivity contribution in [3.8, 4) is 5.75 Å². The maximum atomic E-state index is 11.5. The summed E-state index contributed by atoms with van der Waals surface area (Å²) < 4.78 is 12.0. The van der Waals surface area contributed by atoms with Crippen LogP contribution in [0.4, 0.5) is 11.4 Å². The lowest BCUT2D eigenvalue weighted by Crippen LogP contribution is -2.36. The second kappa shape index (κ2) is 8.93. The van der Waals surface area contributed by atoms with Crippen molar-refractivity contribution < 1.29 is 9.47 Å². The fraction of sp³-hybridized carbons (Fsp3) is 0.435. The first-order valence-electron chi connectivity index (χ1n) is 10.9. The summed E-state index contributed by atoms with van der Waals surface area (Å²) in [5, 5.41) is 3.47. The molecular weight excluding hydrogens is 394 g/mol. The molecule has 1 aliphatic heterocycles. The smallest absolute Gasteiger partial charge is 0.249 e. The lowest BCUT2D eigenvalue weighted by atomic mass is 9.92. The first kappa shape index (κ1) is 19.8. The Labute approximate surface area is 180 Å². The maximum absolute atomic E-state index is 11.5. The van der Waals surface area contributed by atoms with Gasteiger partial charge in [-0.2, -0.15) is 0 Å². The molecule has 162 valence electrons. The molecule has 31 heavy (non-hydrogen) atoms. The van der Waals surface area contributed by atoms with Gasteiger partial charge in [-0.05, 0) is 37.8 Å². The molecule has 1 saturated heterocycles. The molecule has 2 N–H and O–H groups in total. The van der Waals surface area contributed by atoms with Gasteiger partial charge in [0, 0.05) is 61.2 Å². The zero-order valence-electron chi connectivity index (χ0n) is 17.4. The van der Waals surface area contributed by atoms with Crippen LogP contribution in [0.3, 0.4) is 0 Å². The van der Waals surface area contributed by atoms with E-state index in [0.29, 0.717) is 6.04 Å². The third kappa shape index (κ3) is 4.64. The van der Waals surface area contributed by atoms with Crippen LogP contribution in [-0.4, -0.2) is 53.4 Å². The molecule has 2 aliphatic rings. The second-order valence-electron chi connectivity index (χ2n) is 8.14. The van der Waals surface area contributed by atoms with Crippen molar-refractivity contribution in [3.63, 3.8) is 0 Å². The summed E-state index contributed by atoms with van der Waals surface area (Å²) in [6.07, 6.45) is 9.13. The molecule has 8 nitrogen and oxygen atoms in total. The molecule has 0 radical (unpaired) electrons. The van der Waals surface area contributed by atoms with Crippen molar-refractivity contribution >= 4 is 22.4 Å². The highest BCUT2D eigenvalue weighted by atomic mass is 16.5. The van der Waals surface area contributed by atoms with Crippen LogP contribution in [-0.2, 0) is 4.74 Å². The first-order valence-corrected chi connectivity index (χ1v) is 10.9. The first-order chi connectivity index (χ1) is 15.2. The number of anilines is 2. The predicted molar refractivity (Wildman–Crippen MR) is 120 cm³/mol. The van der Waals surface area contributed by atoms with Gasteiger partial charge < -0.3 is 24.7 Å². The molecule has 0 spiro atoms. The number of hydrogen-bond donors (Lipinski definition) is 2. The van der Waals surface area contributed by atoms with Crippen LogP contribution in [0.2, 0.25) is 0 Å². The Bertz CT molecular complexity index is 1090.